The third kappa shape index (κ3) is 3.56. The van der Waals surface area contributed by atoms with Crippen LogP contribution in [0, 0.1) is 17.8 Å². The van der Waals surface area contributed by atoms with Gasteiger partial charge in [0.25, 0.3) is 0 Å². The van der Waals surface area contributed by atoms with E-state index >= 15 is 0 Å². The molecule has 22 heavy (non-hydrogen) atoms. The first-order valence-electron chi connectivity index (χ1n) is 7.67. The number of ether oxygens (including phenoxy) is 2. The van der Waals surface area contributed by atoms with Crippen LogP contribution in [0.25, 0.3) is 5.57 Å². The Morgan fingerprint density at radius 2 is 1.50 bits per heavy atom. The number of carbonyl (C=O) groups excluding carboxylic acids is 2. The molecule has 2 unspecified atom stereocenters. The Hall–Kier alpha value is -2.10. The van der Waals surface area contributed by atoms with Gasteiger partial charge in [0.2, 0.25) is 0 Å². The van der Waals surface area contributed by atoms with Crippen molar-refractivity contribution >= 4 is 17.5 Å². The summed E-state index contributed by atoms with van der Waals surface area (Å²) in [6.45, 7) is 6.15. The quantitative estimate of drug-likeness (QED) is 0.758. The van der Waals surface area contributed by atoms with Gasteiger partial charge in [-0.2, -0.15) is 0 Å². The summed E-state index contributed by atoms with van der Waals surface area (Å²) in [6.07, 6.45) is 1.98. The Labute approximate surface area is 131 Å². The summed E-state index contributed by atoms with van der Waals surface area (Å²) in [5, 5.41) is 0. The third-order valence-corrected chi connectivity index (χ3v) is 3.86. The van der Waals surface area contributed by atoms with Crippen molar-refractivity contribution in [2.24, 2.45) is 17.8 Å². The average molecular weight is 302 g/mol. The standard InChI is InChI=1S/C18H22O4/c1-4-21-17(19)15-14(16(15)18(20)22-5-2)11-12(3)13-9-7-6-8-10-13/h6-11,14-16H,4-5H2,1-3H3/b12-11+. The highest BCUT2D eigenvalue weighted by atomic mass is 16.5. The maximum atomic E-state index is 12.0. The van der Waals surface area contributed by atoms with E-state index in [1.54, 1.807) is 13.8 Å². The van der Waals surface area contributed by atoms with Crippen LogP contribution >= 0.6 is 0 Å². The molecule has 0 radical (unpaired) electrons. The lowest BCUT2D eigenvalue weighted by Gasteiger charge is -2.01. The molecule has 1 fully saturated rings. The van der Waals surface area contributed by atoms with E-state index in [0.29, 0.717) is 13.2 Å². The Morgan fingerprint density at radius 1 is 1.00 bits per heavy atom. The summed E-state index contributed by atoms with van der Waals surface area (Å²) < 4.78 is 10.1. The summed E-state index contributed by atoms with van der Waals surface area (Å²) in [5.41, 5.74) is 2.13. The molecule has 0 heterocycles. The molecule has 2 rings (SSSR count). The zero-order valence-corrected chi connectivity index (χ0v) is 13.2. The minimum absolute atomic E-state index is 0.140. The summed E-state index contributed by atoms with van der Waals surface area (Å²) in [7, 11) is 0. The summed E-state index contributed by atoms with van der Waals surface area (Å²) in [5.74, 6) is -1.61. The van der Waals surface area contributed by atoms with Gasteiger partial charge in [0.05, 0.1) is 25.0 Å². The number of rotatable bonds is 6. The molecule has 4 nitrogen and oxygen atoms in total. The summed E-state index contributed by atoms with van der Waals surface area (Å²) in [4.78, 5) is 24.0. The smallest absolute Gasteiger partial charge is 0.310 e. The number of esters is 2. The van der Waals surface area contributed by atoms with Crippen LogP contribution in [0.3, 0.4) is 0 Å². The van der Waals surface area contributed by atoms with Gasteiger partial charge in [-0.15, -0.1) is 0 Å². The van der Waals surface area contributed by atoms with Gasteiger partial charge in [-0.1, -0.05) is 36.4 Å². The zero-order valence-electron chi connectivity index (χ0n) is 13.2. The maximum absolute atomic E-state index is 12.0. The second-order valence-electron chi connectivity index (χ2n) is 5.35. The molecule has 1 aromatic rings. The van der Waals surface area contributed by atoms with Crippen molar-refractivity contribution in [3.05, 3.63) is 42.0 Å². The van der Waals surface area contributed by atoms with Gasteiger partial charge in [0.15, 0.2) is 0 Å². The highest BCUT2D eigenvalue weighted by Crippen LogP contribution is 2.50. The SMILES string of the molecule is CCOC(=O)C1C(/C=C(\C)c2ccccc2)C1C(=O)OCC. The molecule has 0 aliphatic heterocycles. The van der Waals surface area contributed by atoms with E-state index in [9.17, 15) is 9.59 Å². The molecular weight excluding hydrogens is 280 g/mol. The largest absolute Gasteiger partial charge is 0.466 e. The fourth-order valence-corrected chi connectivity index (χ4v) is 2.71. The normalized spacial score (nSPS) is 23.8. The Bertz CT molecular complexity index is 538. The zero-order chi connectivity index (χ0) is 16.1. The lowest BCUT2D eigenvalue weighted by atomic mass is 10.1. The van der Waals surface area contributed by atoms with Crippen LogP contribution in [0.5, 0.6) is 0 Å². The van der Waals surface area contributed by atoms with Crippen molar-refractivity contribution in [3.63, 3.8) is 0 Å². The van der Waals surface area contributed by atoms with Crippen LogP contribution in [-0.4, -0.2) is 25.2 Å². The Kier molecular flexibility index (Phi) is 5.36. The van der Waals surface area contributed by atoms with Crippen molar-refractivity contribution in [2.75, 3.05) is 13.2 Å². The second-order valence-corrected chi connectivity index (χ2v) is 5.35. The Morgan fingerprint density at radius 3 is 1.95 bits per heavy atom. The van der Waals surface area contributed by atoms with Crippen molar-refractivity contribution in [1.82, 2.24) is 0 Å². The molecule has 1 aromatic carbocycles. The van der Waals surface area contributed by atoms with Crippen molar-refractivity contribution < 1.29 is 19.1 Å². The van der Waals surface area contributed by atoms with Crippen LogP contribution in [0.2, 0.25) is 0 Å². The first-order valence-corrected chi connectivity index (χ1v) is 7.67. The van der Waals surface area contributed by atoms with E-state index in [-0.39, 0.29) is 17.9 Å². The first-order chi connectivity index (χ1) is 10.6. The highest BCUT2D eigenvalue weighted by Gasteiger charge is 2.59. The average Bonchev–Trinajstić information content (AvgIpc) is 3.22. The van der Waals surface area contributed by atoms with E-state index in [4.69, 9.17) is 9.47 Å². The molecule has 0 saturated heterocycles. The minimum Gasteiger partial charge on any atom is -0.466 e. The van der Waals surface area contributed by atoms with E-state index in [0.717, 1.165) is 11.1 Å². The number of allylic oxidation sites excluding steroid dienone is 2. The molecule has 4 heteroatoms. The molecule has 0 aromatic heterocycles. The molecule has 1 saturated carbocycles. The van der Waals surface area contributed by atoms with E-state index < -0.39 is 11.8 Å². The molecule has 2 atom stereocenters. The second kappa shape index (κ2) is 7.25. The van der Waals surface area contributed by atoms with Crippen molar-refractivity contribution in [3.8, 4) is 0 Å². The van der Waals surface area contributed by atoms with Crippen LogP contribution in [0.15, 0.2) is 36.4 Å². The minimum atomic E-state index is -0.419. The number of carbonyl (C=O) groups is 2. The van der Waals surface area contributed by atoms with Gasteiger partial charge in [-0.05, 0) is 31.9 Å². The molecule has 1 aliphatic rings. The van der Waals surface area contributed by atoms with Gasteiger partial charge in [-0.25, -0.2) is 0 Å². The molecule has 0 bridgehead atoms. The van der Waals surface area contributed by atoms with Gasteiger partial charge in [0.1, 0.15) is 0 Å². The first kappa shape index (κ1) is 16.3. The van der Waals surface area contributed by atoms with E-state index in [2.05, 4.69) is 0 Å². The lowest BCUT2D eigenvalue weighted by Crippen LogP contribution is -2.13. The highest BCUT2D eigenvalue weighted by molar-refractivity contribution is 5.89. The van der Waals surface area contributed by atoms with Gasteiger partial charge in [-0.3, -0.25) is 9.59 Å². The third-order valence-electron chi connectivity index (χ3n) is 3.86. The summed E-state index contributed by atoms with van der Waals surface area (Å²) in [6, 6.07) is 9.90. The van der Waals surface area contributed by atoms with Crippen LogP contribution in [-0.2, 0) is 19.1 Å². The molecule has 118 valence electrons. The monoisotopic (exact) mass is 302 g/mol. The van der Waals surface area contributed by atoms with E-state index in [1.165, 1.54) is 0 Å². The Balaban J connectivity index is 2.16. The molecule has 1 aliphatic carbocycles. The topological polar surface area (TPSA) is 52.6 Å². The molecule has 0 N–H and O–H groups in total. The number of benzene rings is 1. The van der Waals surface area contributed by atoms with Gasteiger partial charge in [0, 0.05) is 5.92 Å². The lowest BCUT2D eigenvalue weighted by molar-refractivity contribution is -0.150. The van der Waals surface area contributed by atoms with Gasteiger partial charge >= 0.3 is 11.9 Å². The molecular formula is C18H22O4. The maximum Gasteiger partial charge on any atom is 0.310 e. The number of hydrogen-bond acceptors (Lipinski definition) is 4. The van der Waals surface area contributed by atoms with Crippen molar-refractivity contribution in [1.29, 1.82) is 0 Å². The van der Waals surface area contributed by atoms with E-state index in [1.807, 2.05) is 43.3 Å². The molecule has 0 spiro atoms. The summed E-state index contributed by atoms with van der Waals surface area (Å²) >= 11 is 0. The van der Waals surface area contributed by atoms with Gasteiger partial charge < -0.3 is 9.47 Å². The van der Waals surface area contributed by atoms with Crippen LogP contribution < -0.4 is 0 Å². The fraction of sp³-hybridized carbons (Fsp3) is 0.444. The fourth-order valence-electron chi connectivity index (χ4n) is 2.71. The van der Waals surface area contributed by atoms with Crippen molar-refractivity contribution in [2.45, 2.75) is 20.8 Å². The van der Waals surface area contributed by atoms with Crippen LogP contribution in [0.1, 0.15) is 26.3 Å². The predicted octanol–water partition coefficient (Wildman–Crippen LogP) is 3.08. The number of hydrogen-bond donors (Lipinski definition) is 0. The molecule has 0 amide bonds. The van der Waals surface area contributed by atoms with Crippen LogP contribution in [0.4, 0.5) is 0 Å². The predicted molar refractivity (Wildman–Crippen MR) is 83.8 cm³/mol.